The summed E-state index contributed by atoms with van der Waals surface area (Å²) < 4.78 is 31.4. The van der Waals surface area contributed by atoms with Crippen molar-refractivity contribution in [3.05, 3.63) is 29.8 Å². The summed E-state index contributed by atoms with van der Waals surface area (Å²) >= 11 is 0. The Bertz CT molecular complexity index is 856. The number of hydrogen-bond acceptors (Lipinski definition) is 6. The first kappa shape index (κ1) is 21.9. The second-order valence-corrected chi connectivity index (χ2v) is 8.39. The predicted octanol–water partition coefficient (Wildman–Crippen LogP) is 1.69. The summed E-state index contributed by atoms with van der Waals surface area (Å²) in [6.07, 6.45) is 1.61. The van der Waals surface area contributed by atoms with Crippen molar-refractivity contribution in [1.82, 2.24) is 9.62 Å². The van der Waals surface area contributed by atoms with Crippen LogP contribution in [0.1, 0.15) is 46.1 Å². The number of rotatable bonds is 8. The van der Waals surface area contributed by atoms with Crippen LogP contribution in [-0.4, -0.2) is 56.3 Å². The molecule has 0 saturated heterocycles. The van der Waals surface area contributed by atoms with E-state index in [1.165, 1.54) is 6.07 Å². The third-order valence-corrected chi connectivity index (χ3v) is 6.20. The Kier molecular flexibility index (Phi) is 7.17. The third kappa shape index (κ3) is 4.89. The molecule has 0 fully saturated rings. The molecule has 1 heterocycles. The van der Waals surface area contributed by atoms with Crippen molar-refractivity contribution in [2.75, 3.05) is 13.2 Å². The number of amides is 1. The first-order chi connectivity index (χ1) is 13.2. The molecular weight excluding hydrogens is 382 g/mol. The van der Waals surface area contributed by atoms with Gasteiger partial charge < -0.3 is 9.64 Å². The zero-order chi connectivity index (χ0) is 20.9. The van der Waals surface area contributed by atoms with Crippen molar-refractivity contribution in [3.63, 3.8) is 0 Å². The molecule has 2 rings (SSSR count). The zero-order valence-corrected chi connectivity index (χ0v) is 17.5. The van der Waals surface area contributed by atoms with Gasteiger partial charge in [0.2, 0.25) is 0 Å². The molecule has 1 aliphatic rings. The molecule has 1 N–H and O–H groups in total. The molecule has 0 spiro atoms. The molecule has 1 amide bonds. The predicted molar refractivity (Wildman–Crippen MR) is 105 cm³/mol. The summed E-state index contributed by atoms with van der Waals surface area (Å²) in [5.41, 5.74) is 0.408. The Morgan fingerprint density at radius 2 is 1.75 bits per heavy atom. The number of nitrogens with zero attached hydrogens (tertiary/aromatic N) is 2. The van der Waals surface area contributed by atoms with Gasteiger partial charge in [0, 0.05) is 17.6 Å². The molecule has 1 aliphatic heterocycles. The number of benzene rings is 1. The monoisotopic (exact) mass is 409 g/mol. The first-order valence-corrected chi connectivity index (χ1v) is 10.8. The fraction of sp³-hybridized carbons (Fsp3) is 0.526. The molecule has 1 aromatic rings. The van der Waals surface area contributed by atoms with Gasteiger partial charge in [0.15, 0.2) is 6.61 Å². The lowest BCUT2D eigenvalue weighted by molar-refractivity contribution is -0.153. The van der Waals surface area contributed by atoms with Crippen LogP contribution >= 0.6 is 0 Å². The molecule has 9 heteroatoms. The van der Waals surface area contributed by atoms with Crippen LogP contribution in [0.3, 0.4) is 0 Å². The highest BCUT2D eigenvalue weighted by Gasteiger charge is 2.30. The molecule has 0 radical (unpaired) electrons. The van der Waals surface area contributed by atoms with Crippen molar-refractivity contribution >= 4 is 27.7 Å². The van der Waals surface area contributed by atoms with Crippen LogP contribution in [0.2, 0.25) is 0 Å². The lowest BCUT2D eigenvalue weighted by Gasteiger charge is -2.33. The highest BCUT2D eigenvalue weighted by atomic mass is 32.2. The average Bonchev–Trinajstić information content (AvgIpc) is 2.95. The van der Waals surface area contributed by atoms with Crippen molar-refractivity contribution in [2.24, 2.45) is 4.99 Å². The smallest absolute Gasteiger partial charge is 0.328 e. The van der Waals surface area contributed by atoms with E-state index in [9.17, 15) is 18.0 Å². The summed E-state index contributed by atoms with van der Waals surface area (Å²) in [6.45, 7) is 7.17. The van der Waals surface area contributed by atoms with Gasteiger partial charge in [0.05, 0.1) is 4.90 Å². The molecule has 0 aromatic heterocycles. The number of nitrogens with one attached hydrogen (secondary N) is 1. The summed E-state index contributed by atoms with van der Waals surface area (Å²) in [4.78, 5) is 30.3. The fourth-order valence-corrected chi connectivity index (χ4v) is 4.23. The van der Waals surface area contributed by atoms with Gasteiger partial charge >= 0.3 is 5.97 Å². The lowest BCUT2D eigenvalue weighted by Crippen LogP contribution is -2.46. The Hall–Kier alpha value is -2.42. The van der Waals surface area contributed by atoms with E-state index in [1.807, 2.05) is 27.7 Å². The third-order valence-electron chi connectivity index (χ3n) is 4.80. The minimum atomic E-state index is -3.66. The van der Waals surface area contributed by atoms with Gasteiger partial charge in [-0.2, -0.15) is 0 Å². The van der Waals surface area contributed by atoms with E-state index < -0.39 is 16.0 Å². The first-order valence-electron chi connectivity index (χ1n) is 9.34. The molecule has 0 unspecified atom stereocenters. The van der Waals surface area contributed by atoms with Crippen molar-refractivity contribution in [1.29, 1.82) is 0 Å². The Morgan fingerprint density at radius 1 is 1.14 bits per heavy atom. The van der Waals surface area contributed by atoms with Crippen molar-refractivity contribution in [2.45, 2.75) is 57.5 Å². The normalized spacial score (nSPS) is 18.1. The summed E-state index contributed by atoms with van der Waals surface area (Å²) in [7, 11) is -3.66. The van der Waals surface area contributed by atoms with Gasteiger partial charge in [0.1, 0.15) is 12.4 Å². The Morgan fingerprint density at radius 3 is 2.36 bits per heavy atom. The van der Waals surface area contributed by atoms with E-state index >= 15 is 0 Å². The number of hydrogen-bond donors (Lipinski definition) is 1. The zero-order valence-electron chi connectivity index (χ0n) is 16.6. The molecule has 0 aliphatic carbocycles. The Balaban J connectivity index is 1.98. The minimum absolute atomic E-state index is 0.0470. The maximum absolute atomic E-state index is 12.5. The van der Waals surface area contributed by atoms with E-state index in [-0.39, 0.29) is 41.9 Å². The number of aliphatic imine (C=N–C) groups is 1. The van der Waals surface area contributed by atoms with Gasteiger partial charge in [-0.05, 0) is 38.8 Å². The molecule has 0 bridgehead atoms. The van der Waals surface area contributed by atoms with Crippen LogP contribution in [0.15, 0.2) is 34.2 Å². The van der Waals surface area contributed by atoms with Crippen molar-refractivity contribution < 1.29 is 22.7 Å². The second-order valence-electron chi connectivity index (χ2n) is 6.74. The molecule has 2 atom stereocenters. The Labute approximate surface area is 166 Å². The number of esters is 1. The summed E-state index contributed by atoms with van der Waals surface area (Å²) in [5.74, 6) is -0.853. The van der Waals surface area contributed by atoms with Gasteiger partial charge in [0.25, 0.3) is 15.9 Å². The molecule has 1 aromatic carbocycles. The molecule has 154 valence electrons. The molecular formula is C19H27N3O5S. The second kappa shape index (κ2) is 9.18. The number of carbonyl (C=O) groups is 2. The lowest BCUT2D eigenvalue weighted by atomic mass is 10.1. The van der Waals surface area contributed by atoms with Crippen LogP contribution in [0.25, 0.3) is 0 Å². The van der Waals surface area contributed by atoms with E-state index in [4.69, 9.17) is 4.74 Å². The largest absolute Gasteiger partial charge is 0.454 e. The van der Waals surface area contributed by atoms with Crippen LogP contribution < -0.4 is 4.72 Å². The SMILES string of the molecule is CC[C@@H](C)N(C(=O)COC(=O)CN=C1NS(=O)(=O)c2ccccc21)[C@H](C)CC. The number of sulfonamides is 1. The van der Waals surface area contributed by atoms with E-state index in [2.05, 4.69) is 9.71 Å². The van der Waals surface area contributed by atoms with E-state index in [0.29, 0.717) is 5.56 Å². The van der Waals surface area contributed by atoms with Gasteiger partial charge in [-0.15, -0.1) is 0 Å². The van der Waals surface area contributed by atoms with E-state index in [0.717, 1.165) is 12.8 Å². The van der Waals surface area contributed by atoms with Crippen LogP contribution in [-0.2, 0) is 24.3 Å². The van der Waals surface area contributed by atoms with Crippen LogP contribution in [0.5, 0.6) is 0 Å². The summed E-state index contributed by atoms with van der Waals surface area (Å²) in [6, 6.07) is 6.47. The van der Waals surface area contributed by atoms with Crippen LogP contribution in [0, 0.1) is 0 Å². The van der Waals surface area contributed by atoms with Gasteiger partial charge in [-0.25, -0.2) is 8.42 Å². The average molecular weight is 410 g/mol. The highest BCUT2D eigenvalue weighted by Crippen LogP contribution is 2.22. The van der Waals surface area contributed by atoms with Gasteiger partial charge in [-0.3, -0.25) is 19.3 Å². The maximum Gasteiger partial charge on any atom is 0.328 e. The highest BCUT2D eigenvalue weighted by molar-refractivity contribution is 7.90. The fourth-order valence-electron chi connectivity index (χ4n) is 2.98. The number of carbonyl (C=O) groups excluding carboxylic acids is 2. The standard InChI is InChI=1S/C19H27N3O5S/c1-5-13(3)22(14(4)6-2)17(23)12-27-18(24)11-20-19-15-9-7-8-10-16(15)28(25,26)21-19/h7-10,13-14H,5-6,11-12H2,1-4H3,(H,20,21)/t13-,14-/m1/s1. The number of amidine groups is 1. The molecule has 28 heavy (non-hydrogen) atoms. The minimum Gasteiger partial charge on any atom is -0.454 e. The number of fused-ring (bicyclic) bond motifs is 1. The topological polar surface area (TPSA) is 105 Å². The van der Waals surface area contributed by atoms with Crippen LogP contribution in [0.4, 0.5) is 0 Å². The van der Waals surface area contributed by atoms with Crippen molar-refractivity contribution in [3.8, 4) is 0 Å². The molecule has 0 saturated carbocycles. The maximum atomic E-state index is 12.5. The van der Waals surface area contributed by atoms with E-state index in [1.54, 1.807) is 23.1 Å². The quantitative estimate of drug-likeness (QED) is 0.658. The molecule has 8 nitrogen and oxygen atoms in total. The van der Waals surface area contributed by atoms with Gasteiger partial charge in [-0.1, -0.05) is 26.0 Å². The summed E-state index contributed by atoms with van der Waals surface area (Å²) in [5, 5.41) is 0. The number of ether oxygens (including phenoxy) is 1.